The number of aryl methyl sites for hydroxylation is 2. The number of anilines is 2. The second kappa shape index (κ2) is 5.41. The minimum absolute atomic E-state index is 0.0273. The van der Waals surface area contributed by atoms with Crippen LogP contribution in [-0.2, 0) is 0 Å². The highest BCUT2D eigenvalue weighted by molar-refractivity contribution is 5.65. The van der Waals surface area contributed by atoms with E-state index in [-0.39, 0.29) is 6.04 Å². The zero-order valence-corrected chi connectivity index (χ0v) is 12.0. The number of hydrogen-bond donors (Lipinski definition) is 1. The summed E-state index contributed by atoms with van der Waals surface area (Å²) < 4.78 is 0. The number of hydrogen-bond acceptors (Lipinski definition) is 3. The first-order valence-corrected chi connectivity index (χ1v) is 6.51. The van der Waals surface area contributed by atoms with Crippen molar-refractivity contribution in [3.05, 3.63) is 53.3 Å². The molecule has 0 aliphatic heterocycles. The Labute approximate surface area is 115 Å². The monoisotopic (exact) mass is 255 g/mol. The maximum atomic E-state index is 5.82. The molecule has 0 radical (unpaired) electrons. The van der Waals surface area contributed by atoms with E-state index in [0.29, 0.717) is 0 Å². The van der Waals surface area contributed by atoms with Gasteiger partial charge in [0, 0.05) is 18.8 Å². The van der Waals surface area contributed by atoms with Crippen molar-refractivity contribution in [1.29, 1.82) is 0 Å². The summed E-state index contributed by atoms with van der Waals surface area (Å²) in [5.74, 6) is 0. The average molecular weight is 255 g/mol. The van der Waals surface area contributed by atoms with Crippen LogP contribution in [-0.4, -0.2) is 12.0 Å². The Morgan fingerprint density at radius 1 is 1.16 bits per heavy atom. The highest BCUT2D eigenvalue weighted by Crippen LogP contribution is 2.27. The van der Waals surface area contributed by atoms with E-state index in [9.17, 15) is 0 Å². The molecule has 0 saturated heterocycles. The molecule has 1 aromatic heterocycles. The maximum Gasteiger partial charge on any atom is 0.0594 e. The molecule has 1 aromatic carbocycles. The third kappa shape index (κ3) is 2.93. The highest BCUT2D eigenvalue weighted by atomic mass is 15.1. The van der Waals surface area contributed by atoms with Gasteiger partial charge in [-0.25, -0.2) is 0 Å². The zero-order chi connectivity index (χ0) is 14.0. The van der Waals surface area contributed by atoms with Gasteiger partial charge in [0.25, 0.3) is 0 Å². The molecular weight excluding hydrogens is 234 g/mol. The fourth-order valence-electron chi connectivity index (χ4n) is 2.19. The molecule has 1 atom stereocenters. The van der Waals surface area contributed by atoms with E-state index in [1.54, 1.807) is 0 Å². The Morgan fingerprint density at radius 3 is 2.42 bits per heavy atom. The van der Waals surface area contributed by atoms with Gasteiger partial charge in [-0.05, 0) is 44.5 Å². The number of aromatic nitrogens is 1. The van der Waals surface area contributed by atoms with Crippen molar-refractivity contribution in [3.63, 3.8) is 0 Å². The molecule has 0 saturated carbocycles. The number of rotatable bonds is 3. The van der Waals surface area contributed by atoms with Gasteiger partial charge in [0.15, 0.2) is 0 Å². The maximum absolute atomic E-state index is 5.82. The Hall–Kier alpha value is -1.87. The molecule has 0 amide bonds. The van der Waals surface area contributed by atoms with Crippen molar-refractivity contribution in [3.8, 4) is 0 Å². The molecule has 0 fully saturated rings. The zero-order valence-electron chi connectivity index (χ0n) is 12.0. The second-order valence-corrected chi connectivity index (χ2v) is 5.08. The molecule has 2 rings (SSSR count). The lowest BCUT2D eigenvalue weighted by molar-refractivity contribution is 0.781. The van der Waals surface area contributed by atoms with E-state index < -0.39 is 0 Å². The minimum Gasteiger partial charge on any atom is -0.343 e. The van der Waals surface area contributed by atoms with Gasteiger partial charge in [-0.2, -0.15) is 0 Å². The molecule has 19 heavy (non-hydrogen) atoms. The third-order valence-corrected chi connectivity index (χ3v) is 3.34. The highest BCUT2D eigenvalue weighted by Gasteiger charge is 2.08. The summed E-state index contributed by atoms with van der Waals surface area (Å²) in [6, 6.07) is 10.5. The molecule has 2 N–H and O–H groups in total. The summed E-state index contributed by atoms with van der Waals surface area (Å²) in [5.41, 5.74) is 11.5. The Bertz CT molecular complexity index is 559. The molecule has 1 heterocycles. The normalized spacial score (nSPS) is 12.3. The van der Waals surface area contributed by atoms with Crippen molar-refractivity contribution >= 4 is 11.4 Å². The molecule has 1 unspecified atom stereocenters. The van der Waals surface area contributed by atoms with Crippen LogP contribution in [0.15, 0.2) is 36.5 Å². The standard InChI is InChI=1S/C16H21N3/c1-11-5-8-16(12(2)9-11)19(4)14-6-7-15(13(3)17)18-10-14/h5-10,13H,17H2,1-4H3. The molecule has 3 heteroatoms. The summed E-state index contributed by atoms with van der Waals surface area (Å²) in [5, 5.41) is 0. The lowest BCUT2D eigenvalue weighted by atomic mass is 10.1. The third-order valence-electron chi connectivity index (χ3n) is 3.34. The first-order valence-electron chi connectivity index (χ1n) is 6.51. The smallest absolute Gasteiger partial charge is 0.0594 e. The van der Waals surface area contributed by atoms with Crippen LogP contribution in [0.1, 0.15) is 29.8 Å². The quantitative estimate of drug-likeness (QED) is 0.913. The van der Waals surface area contributed by atoms with E-state index in [2.05, 4.69) is 55.0 Å². The second-order valence-electron chi connectivity index (χ2n) is 5.08. The Morgan fingerprint density at radius 2 is 1.89 bits per heavy atom. The average Bonchev–Trinajstić information content (AvgIpc) is 2.38. The molecule has 0 bridgehead atoms. The predicted octanol–water partition coefficient (Wildman–Crippen LogP) is 3.49. The molecule has 0 aliphatic carbocycles. The summed E-state index contributed by atoms with van der Waals surface area (Å²) in [4.78, 5) is 6.55. The summed E-state index contributed by atoms with van der Waals surface area (Å²) in [7, 11) is 2.06. The lowest BCUT2D eigenvalue weighted by Gasteiger charge is -2.22. The predicted molar refractivity (Wildman–Crippen MR) is 80.8 cm³/mol. The van der Waals surface area contributed by atoms with Crippen molar-refractivity contribution < 1.29 is 0 Å². The number of nitrogens with two attached hydrogens (primary N) is 1. The van der Waals surface area contributed by atoms with Gasteiger partial charge in [-0.3, -0.25) is 4.98 Å². The van der Waals surface area contributed by atoms with Gasteiger partial charge < -0.3 is 10.6 Å². The van der Waals surface area contributed by atoms with Crippen molar-refractivity contribution in [2.24, 2.45) is 5.73 Å². The number of nitrogens with zero attached hydrogens (tertiary/aromatic N) is 2. The molecule has 0 aliphatic rings. The van der Waals surface area contributed by atoms with Crippen molar-refractivity contribution in [2.75, 3.05) is 11.9 Å². The SMILES string of the molecule is Cc1ccc(N(C)c2ccc(C(C)N)nc2)c(C)c1. The summed E-state index contributed by atoms with van der Waals surface area (Å²) in [6.07, 6.45) is 1.87. The van der Waals surface area contributed by atoms with Crippen LogP contribution < -0.4 is 10.6 Å². The van der Waals surface area contributed by atoms with Crippen LogP contribution in [0.3, 0.4) is 0 Å². The van der Waals surface area contributed by atoms with Crippen LogP contribution in [0, 0.1) is 13.8 Å². The lowest BCUT2D eigenvalue weighted by Crippen LogP contribution is -2.13. The van der Waals surface area contributed by atoms with Crippen LogP contribution >= 0.6 is 0 Å². The Kier molecular flexibility index (Phi) is 3.86. The van der Waals surface area contributed by atoms with Crippen molar-refractivity contribution in [1.82, 2.24) is 4.98 Å². The number of pyridine rings is 1. The summed E-state index contributed by atoms with van der Waals surface area (Å²) >= 11 is 0. The molecule has 2 aromatic rings. The molecule has 3 nitrogen and oxygen atoms in total. The van der Waals surface area contributed by atoms with Crippen LogP contribution in [0.5, 0.6) is 0 Å². The molecule has 100 valence electrons. The topological polar surface area (TPSA) is 42.1 Å². The van der Waals surface area contributed by atoms with E-state index in [1.807, 2.05) is 19.2 Å². The van der Waals surface area contributed by atoms with Crippen LogP contribution in [0.2, 0.25) is 0 Å². The van der Waals surface area contributed by atoms with Gasteiger partial charge in [0.2, 0.25) is 0 Å². The first kappa shape index (κ1) is 13.6. The fraction of sp³-hybridized carbons (Fsp3) is 0.312. The van der Waals surface area contributed by atoms with E-state index in [1.165, 1.54) is 16.8 Å². The summed E-state index contributed by atoms with van der Waals surface area (Å²) in [6.45, 7) is 6.17. The number of benzene rings is 1. The van der Waals surface area contributed by atoms with Crippen LogP contribution in [0.4, 0.5) is 11.4 Å². The van der Waals surface area contributed by atoms with E-state index in [4.69, 9.17) is 5.73 Å². The fourth-order valence-corrected chi connectivity index (χ4v) is 2.19. The molecule has 0 spiro atoms. The van der Waals surface area contributed by atoms with Crippen molar-refractivity contribution in [2.45, 2.75) is 26.8 Å². The van der Waals surface area contributed by atoms with Crippen LogP contribution in [0.25, 0.3) is 0 Å². The first-order chi connectivity index (χ1) is 8.99. The minimum atomic E-state index is -0.0273. The van der Waals surface area contributed by atoms with Gasteiger partial charge in [-0.1, -0.05) is 17.7 Å². The van der Waals surface area contributed by atoms with Gasteiger partial charge in [0.1, 0.15) is 0 Å². The van der Waals surface area contributed by atoms with E-state index >= 15 is 0 Å². The Balaban J connectivity index is 2.30. The van der Waals surface area contributed by atoms with E-state index in [0.717, 1.165) is 11.4 Å². The van der Waals surface area contributed by atoms with Gasteiger partial charge in [0.05, 0.1) is 17.6 Å². The largest absolute Gasteiger partial charge is 0.343 e. The van der Waals surface area contributed by atoms with Gasteiger partial charge in [-0.15, -0.1) is 0 Å². The molecular formula is C16H21N3. The van der Waals surface area contributed by atoms with Gasteiger partial charge >= 0.3 is 0 Å².